The first-order valence-corrected chi connectivity index (χ1v) is 6.82. The van der Waals surface area contributed by atoms with Crippen LogP contribution in [0.4, 0.5) is 0 Å². The normalized spacial score (nSPS) is 10.1. The molecule has 0 atom stereocenters. The number of nitrogens with one attached hydrogen (secondary N) is 1. The SMILES string of the molecule is COc1ccc(-n2c(=O)[nH]c(SC)c(C#N)c2=O)cc1. The van der Waals surface area contributed by atoms with E-state index in [2.05, 4.69) is 4.98 Å². The Morgan fingerprint density at radius 2 is 1.95 bits per heavy atom. The van der Waals surface area contributed by atoms with Gasteiger partial charge in [0.25, 0.3) is 5.56 Å². The summed E-state index contributed by atoms with van der Waals surface area (Å²) in [6, 6.07) is 8.25. The first-order chi connectivity index (χ1) is 9.62. The van der Waals surface area contributed by atoms with E-state index in [1.54, 1.807) is 30.5 Å². The van der Waals surface area contributed by atoms with Gasteiger partial charge in [0.15, 0.2) is 0 Å². The van der Waals surface area contributed by atoms with E-state index in [9.17, 15) is 9.59 Å². The fraction of sp³-hybridized carbons (Fsp3) is 0.154. The molecule has 0 amide bonds. The lowest BCUT2D eigenvalue weighted by atomic mass is 10.3. The Labute approximate surface area is 118 Å². The topological polar surface area (TPSA) is 87.9 Å². The van der Waals surface area contributed by atoms with Gasteiger partial charge in [-0.3, -0.25) is 4.79 Å². The highest BCUT2D eigenvalue weighted by Crippen LogP contribution is 2.15. The van der Waals surface area contributed by atoms with Crippen LogP contribution < -0.4 is 16.0 Å². The van der Waals surface area contributed by atoms with Crippen molar-refractivity contribution in [1.29, 1.82) is 5.26 Å². The number of hydrogen-bond acceptors (Lipinski definition) is 5. The van der Waals surface area contributed by atoms with Crippen LogP contribution >= 0.6 is 11.8 Å². The quantitative estimate of drug-likeness (QED) is 0.676. The third-order valence-electron chi connectivity index (χ3n) is 2.71. The Morgan fingerprint density at radius 1 is 1.30 bits per heavy atom. The van der Waals surface area contributed by atoms with Crippen LogP contribution in [0, 0.1) is 11.3 Å². The summed E-state index contributed by atoms with van der Waals surface area (Å²) in [5.41, 5.74) is -0.914. The number of hydrogen-bond donors (Lipinski definition) is 1. The van der Waals surface area contributed by atoms with Gasteiger partial charge in [-0.25, -0.2) is 9.36 Å². The molecule has 1 aromatic heterocycles. The molecular formula is C13H11N3O3S. The van der Waals surface area contributed by atoms with Crippen molar-refractivity contribution in [2.45, 2.75) is 5.03 Å². The van der Waals surface area contributed by atoms with Crippen LogP contribution in [0.5, 0.6) is 5.75 Å². The number of methoxy groups -OCH3 is 1. The Morgan fingerprint density at radius 3 is 2.45 bits per heavy atom. The lowest BCUT2D eigenvalue weighted by Gasteiger charge is -2.08. The third-order valence-corrected chi connectivity index (χ3v) is 3.43. The molecule has 0 unspecified atom stereocenters. The molecule has 0 bridgehead atoms. The minimum Gasteiger partial charge on any atom is -0.497 e. The third kappa shape index (κ3) is 2.33. The number of H-pyrrole nitrogens is 1. The summed E-state index contributed by atoms with van der Waals surface area (Å²) >= 11 is 1.15. The summed E-state index contributed by atoms with van der Waals surface area (Å²) in [6.45, 7) is 0. The number of nitrogens with zero attached hydrogens (tertiary/aromatic N) is 2. The molecule has 0 saturated heterocycles. The average molecular weight is 289 g/mol. The number of ether oxygens (including phenoxy) is 1. The summed E-state index contributed by atoms with van der Waals surface area (Å²) in [7, 11) is 1.52. The molecule has 7 heteroatoms. The van der Waals surface area contributed by atoms with E-state index in [0.717, 1.165) is 16.3 Å². The van der Waals surface area contributed by atoms with Crippen molar-refractivity contribution in [1.82, 2.24) is 9.55 Å². The standard InChI is InChI=1S/C13H11N3O3S/c1-19-9-5-3-8(4-6-9)16-12(17)10(7-14)11(20-2)15-13(16)18/h3-6H,1-2H3,(H,15,18). The van der Waals surface area contributed by atoms with Crippen molar-refractivity contribution >= 4 is 11.8 Å². The van der Waals surface area contributed by atoms with Crippen molar-refractivity contribution in [3.8, 4) is 17.5 Å². The number of benzene rings is 1. The van der Waals surface area contributed by atoms with Gasteiger partial charge in [0.1, 0.15) is 17.4 Å². The molecule has 2 aromatic rings. The first kappa shape index (κ1) is 14.0. The van der Waals surface area contributed by atoms with Crippen molar-refractivity contribution in [3.05, 3.63) is 50.7 Å². The highest BCUT2D eigenvalue weighted by atomic mass is 32.2. The molecule has 1 aromatic carbocycles. The van der Waals surface area contributed by atoms with Crippen molar-refractivity contribution in [2.24, 2.45) is 0 Å². The van der Waals surface area contributed by atoms with Crippen LogP contribution in [0.2, 0.25) is 0 Å². The van der Waals surface area contributed by atoms with E-state index in [0.29, 0.717) is 11.4 Å². The number of rotatable bonds is 3. The first-order valence-electron chi connectivity index (χ1n) is 5.60. The highest BCUT2D eigenvalue weighted by Gasteiger charge is 2.14. The zero-order valence-electron chi connectivity index (χ0n) is 10.8. The second-order valence-electron chi connectivity index (χ2n) is 3.79. The maximum atomic E-state index is 12.2. The zero-order valence-corrected chi connectivity index (χ0v) is 11.7. The molecule has 0 radical (unpaired) electrons. The molecule has 2 rings (SSSR count). The Hall–Kier alpha value is -2.46. The molecule has 0 aliphatic rings. The van der Waals surface area contributed by atoms with Gasteiger partial charge >= 0.3 is 5.69 Å². The number of nitriles is 1. The summed E-state index contributed by atoms with van der Waals surface area (Å²) in [5.74, 6) is 0.611. The number of thioether (sulfide) groups is 1. The molecule has 0 saturated carbocycles. The van der Waals surface area contributed by atoms with Gasteiger partial charge in [-0.1, -0.05) is 0 Å². The maximum absolute atomic E-state index is 12.2. The van der Waals surface area contributed by atoms with Gasteiger partial charge in [-0.15, -0.1) is 11.8 Å². The van der Waals surface area contributed by atoms with E-state index in [-0.39, 0.29) is 10.6 Å². The number of aromatic amines is 1. The lowest BCUT2D eigenvalue weighted by Crippen LogP contribution is -2.35. The van der Waals surface area contributed by atoms with Gasteiger partial charge < -0.3 is 9.72 Å². The Bertz CT molecular complexity index is 784. The Kier molecular flexibility index (Phi) is 3.96. The molecule has 1 N–H and O–H groups in total. The Balaban J connectivity index is 2.71. The fourth-order valence-corrected chi connectivity index (χ4v) is 2.26. The van der Waals surface area contributed by atoms with E-state index in [4.69, 9.17) is 10.00 Å². The van der Waals surface area contributed by atoms with Crippen molar-refractivity contribution < 1.29 is 4.74 Å². The summed E-state index contributed by atoms with van der Waals surface area (Å²) in [6.07, 6.45) is 1.68. The van der Waals surface area contributed by atoms with Crippen LogP contribution in [0.3, 0.4) is 0 Å². The second-order valence-corrected chi connectivity index (χ2v) is 4.61. The fourth-order valence-electron chi connectivity index (χ4n) is 1.73. The molecule has 6 nitrogen and oxygen atoms in total. The van der Waals surface area contributed by atoms with E-state index >= 15 is 0 Å². The van der Waals surface area contributed by atoms with Crippen LogP contribution in [-0.2, 0) is 0 Å². The average Bonchev–Trinajstić information content (AvgIpc) is 2.47. The summed E-state index contributed by atoms with van der Waals surface area (Å²) < 4.78 is 5.95. The molecule has 1 heterocycles. The van der Waals surface area contributed by atoms with E-state index in [1.807, 2.05) is 6.07 Å². The smallest absolute Gasteiger partial charge is 0.333 e. The van der Waals surface area contributed by atoms with Gasteiger partial charge in [-0.2, -0.15) is 5.26 Å². The molecule has 0 aliphatic carbocycles. The minimum absolute atomic E-state index is 0.0760. The summed E-state index contributed by atoms with van der Waals surface area (Å²) in [4.78, 5) is 26.8. The highest BCUT2D eigenvalue weighted by molar-refractivity contribution is 7.98. The van der Waals surface area contributed by atoms with Crippen LogP contribution in [0.1, 0.15) is 5.56 Å². The van der Waals surface area contributed by atoms with E-state index in [1.165, 1.54) is 7.11 Å². The lowest BCUT2D eigenvalue weighted by molar-refractivity contribution is 0.414. The number of aromatic nitrogens is 2. The maximum Gasteiger partial charge on any atom is 0.333 e. The van der Waals surface area contributed by atoms with Crippen molar-refractivity contribution in [2.75, 3.05) is 13.4 Å². The van der Waals surface area contributed by atoms with Gasteiger partial charge in [-0.05, 0) is 30.5 Å². The van der Waals surface area contributed by atoms with Crippen molar-refractivity contribution in [3.63, 3.8) is 0 Å². The molecule has 20 heavy (non-hydrogen) atoms. The van der Waals surface area contributed by atoms with Gasteiger partial charge in [0, 0.05) is 0 Å². The molecule has 0 aliphatic heterocycles. The zero-order chi connectivity index (χ0) is 14.7. The van der Waals surface area contributed by atoms with Crippen LogP contribution in [0.25, 0.3) is 5.69 Å². The second kappa shape index (κ2) is 5.67. The predicted octanol–water partition coefficient (Wildman–Crippen LogP) is 1.13. The molecule has 0 fully saturated rings. The monoisotopic (exact) mass is 289 g/mol. The molecule has 102 valence electrons. The van der Waals surface area contributed by atoms with Crippen LogP contribution in [0.15, 0.2) is 38.9 Å². The van der Waals surface area contributed by atoms with Crippen LogP contribution in [-0.4, -0.2) is 22.9 Å². The van der Waals surface area contributed by atoms with Gasteiger partial charge in [0.05, 0.1) is 17.8 Å². The minimum atomic E-state index is -0.634. The molecular weight excluding hydrogens is 278 g/mol. The largest absolute Gasteiger partial charge is 0.497 e. The molecule has 0 spiro atoms. The summed E-state index contributed by atoms with van der Waals surface area (Å²) in [5, 5.41) is 9.33. The van der Waals surface area contributed by atoms with E-state index < -0.39 is 11.2 Å². The predicted molar refractivity (Wildman–Crippen MR) is 75.7 cm³/mol. The van der Waals surface area contributed by atoms with Gasteiger partial charge in [0.2, 0.25) is 0 Å².